The summed E-state index contributed by atoms with van der Waals surface area (Å²) in [7, 11) is -3.74. The van der Waals surface area contributed by atoms with Gasteiger partial charge in [-0.1, -0.05) is 55.3 Å². The topological polar surface area (TPSA) is 111 Å². The molecule has 0 unspecified atom stereocenters. The minimum Gasteiger partial charge on any atom is -0.390 e. The summed E-state index contributed by atoms with van der Waals surface area (Å²) in [4.78, 5) is 4.70. The van der Waals surface area contributed by atoms with Crippen LogP contribution in [0.5, 0.6) is 0 Å². The second-order valence-corrected chi connectivity index (χ2v) is 11.0. The highest BCUT2D eigenvalue weighted by atomic mass is 32.2. The normalized spacial score (nSPS) is 14.6. The average Bonchev–Trinajstić information content (AvgIpc) is 3.59. The number of hydrogen-bond donors (Lipinski definition) is 2. The molecule has 0 saturated heterocycles. The molecule has 2 heterocycles. The Kier molecular flexibility index (Phi) is 6.35. The van der Waals surface area contributed by atoms with Crippen LogP contribution < -0.4 is 5.14 Å². The Hall–Kier alpha value is -2.85. The number of benzene rings is 2. The van der Waals surface area contributed by atoms with Crippen molar-refractivity contribution in [1.82, 2.24) is 14.8 Å². The number of hydrogen-bond acceptors (Lipinski definition) is 6. The minimum atomic E-state index is -3.74. The smallest absolute Gasteiger partial charge is 0.238 e. The zero-order valence-corrected chi connectivity index (χ0v) is 20.2. The number of aliphatic hydroxyl groups is 1. The van der Waals surface area contributed by atoms with Gasteiger partial charge in [0.1, 0.15) is 0 Å². The van der Waals surface area contributed by atoms with Crippen LogP contribution in [0, 0.1) is 0 Å². The highest BCUT2D eigenvalue weighted by molar-refractivity contribution is 7.89. The van der Waals surface area contributed by atoms with Crippen LogP contribution in [0.2, 0.25) is 0 Å². The van der Waals surface area contributed by atoms with E-state index in [2.05, 4.69) is 17.1 Å². The maximum absolute atomic E-state index is 11.7. The molecule has 7 nitrogen and oxygen atoms in total. The summed E-state index contributed by atoms with van der Waals surface area (Å²) in [6.07, 6.45) is 5.18. The summed E-state index contributed by atoms with van der Waals surface area (Å²) < 4.78 is 25.3. The van der Waals surface area contributed by atoms with E-state index in [1.54, 1.807) is 12.1 Å². The monoisotopic (exact) mass is 494 g/mol. The van der Waals surface area contributed by atoms with E-state index in [1.165, 1.54) is 24.2 Å². The molecule has 176 valence electrons. The molecule has 0 spiro atoms. The van der Waals surface area contributed by atoms with Crippen molar-refractivity contribution >= 4 is 21.4 Å². The first-order valence-corrected chi connectivity index (χ1v) is 13.7. The lowest BCUT2D eigenvalue weighted by molar-refractivity contribution is 0.277. The van der Waals surface area contributed by atoms with E-state index in [-0.39, 0.29) is 11.5 Å². The van der Waals surface area contributed by atoms with E-state index in [9.17, 15) is 13.5 Å². The predicted molar refractivity (Wildman–Crippen MR) is 132 cm³/mol. The Bertz CT molecular complexity index is 1390. The zero-order valence-electron chi connectivity index (χ0n) is 18.6. The summed E-state index contributed by atoms with van der Waals surface area (Å²) in [5, 5.41) is 22.5. The van der Waals surface area contributed by atoms with Crippen molar-refractivity contribution in [2.45, 2.75) is 49.5 Å². The predicted octanol–water partition coefficient (Wildman–Crippen LogP) is 4.38. The second kappa shape index (κ2) is 9.42. The van der Waals surface area contributed by atoms with Crippen LogP contribution in [-0.2, 0) is 23.1 Å². The van der Waals surface area contributed by atoms with Crippen molar-refractivity contribution in [1.29, 1.82) is 0 Å². The summed E-state index contributed by atoms with van der Waals surface area (Å²) in [5.74, 6) is 0.375. The lowest BCUT2D eigenvalue weighted by Crippen LogP contribution is -2.12. The van der Waals surface area contributed by atoms with E-state index < -0.39 is 10.0 Å². The van der Waals surface area contributed by atoms with E-state index in [1.807, 2.05) is 40.4 Å². The number of thiazole rings is 1. The summed E-state index contributed by atoms with van der Waals surface area (Å²) >= 11 is 1.46. The molecule has 34 heavy (non-hydrogen) atoms. The Morgan fingerprint density at radius 3 is 2.38 bits per heavy atom. The van der Waals surface area contributed by atoms with Gasteiger partial charge in [-0.25, -0.2) is 23.2 Å². The molecule has 5 rings (SSSR count). The van der Waals surface area contributed by atoms with Crippen LogP contribution in [0.4, 0.5) is 0 Å². The SMILES string of the molecule is NS(=O)(=O)c1ccc(Cc2c(C3CCCC3)nn(-c3nc(CO)cs3)c2-c2ccccc2)cc1. The average molecular weight is 495 g/mol. The molecule has 4 aromatic rings. The Labute approximate surface area is 203 Å². The fraction of sp³-hybridized carbons (Fsp3) is 0.280. The maximum atomic E-state index is 11.7. The molecule has 9 heteroatoms. The second-order valence-electron chi connectivity index (χ2n) is 8.62. The molecule has 1 fully saturated rings. The van der Waals surface area contributed by atoms with E-state index >= 15 is 0 Å². The molecular formula is C25H26N4O3S2. The van der Waals surface area contributed by atoms with Gasteiger partial charge in [-0.2, -0.15) is 5.10 Å². The van der Waals surface area contributed by atoms with Gasteiger partial charge in [0.25, 0.3) is 0 Å². The number of primary sulfonamides is 1. The van der Waals surface area contributed by atoms with E-state index in [0.717, 1.165) is 46.1 Å². The molecule has 0 radical (unpaired) electrons. The molecule has 0 atom stereocenters. The number of nitrogens with two attached hydrogens (primary N) is 1. The first-order valence-electron chi connectivity index (χ1n) is 11.3. The molecule has 0 aliphatic heterocycles. The Morgan fingerprint density at radius 1 is 1.06 bits per heavy atom. The van der Waals surface area contributed by atoms with Crippen molar-refractivity contribution in [3.8, 4) is 16.4 Å². The van der Waals surface area contributed by atoms with Crippen molar-refractivity contribution < 1.29 is 13.5 Å². The number of sulfonamides is 1. The highest BCUT2D eigenvalue weighted by Crippen LogP contribution is 2.40. The summed E-state index contributed by atoms with van der Waals surface area (Å²) in [5.41, 5.74) is 5.83. The molecule has 1 aliphatic carbocycles. The third kappa shape index (κ3) is 4.56. The molecule has 2 aromatic heterocycles. The van der Waals surface area contributed by atoms with E-state index in [4.69, 9.17) is 10.2 Å². The number of nitrogens with zero attached hydrogens (tertiary/aromatic N) is 3. The van der Waals surface area contributed by atoms with Crippen molar-refractivity contribution in [3.63, 3.8) is 0 Å². The van der Waals surface area contributed by atoms with Crippen LogP contribution in [0.3, 0.4) is 0 Å². The zero-order chi connectivity index (χ0) is 23.7. The molecule has 0 bridgehead atoms. The molecule has 1 saturated carbocycles. The number of aromatic nitrogens is 3. The maximum Gasteiger partial charge on any atom is 0.238 e. The van der Waals surface area contributed by atoms with Crippen LogP contribution in [0.1, 0.15) is 54.1 Å². The third-order valence-electron chi connectivity index (χ3n) is 6.32. The fourth-order valence-electron chi connectivity index (χ4n) is 4.67. The minimum absolute atomic E-state index is 0.102. The van der Waals surface area contributed by atoms with Gasteiger partial charge in [0.2, 0.25) is 15.2 Å². The Morgan fingerprint density at radius 2 is 1.76 bits per heavy atom. The van der Waals surface area contributed by atoms with E-state index in [0.29, 0.717) is 18.0 Å². The van der Waals surface area contributed by atoms with Crippen LogP contribution in [-0.4, -0.2) is 28.3 Å². The lowest BCUT2D eigenvalue weighted by Gasteiger charge is -2.12. The molecular weight excluding hydrogens is 468 g/mol. The largest absolute Gasteiger partial charge is 0.390 e. The lowest BCUT2D eigenvalue weighted by atomic mass is 9.92. The third-order valence-corrected chi connectivity index (χ3v) is 8.11. The van der Waals surface area contributed by atoms with Gasteiger partial charge in [-0.15, -0.1) is 11.3 Å². The molecule has 2 aromatic carbocycles. The molecule has 1 aliphatic rings. The van der Waals surface area contributed by atoms with Gasteiger partial charge in [-0.05, 0) is 30.5 Å². The van der Waals surface area contributed by atoms with Crippen LogP contribution in [0.15, 0.2) is 64.9 Å². The van der Waals surface area contributed by atoms with Crippen molar-refractivity contribution in [3.05, 3.63) is 82.5 Å². The van der Waals surface area contributed by atoms with Crippen molar-refractivity contribution in [2.75, 3.05) is 0 Å². The van der Waals surface area contributed by atoms with Gasteiger partial charge < -0.3 is 5.11 Å². The molecule has 3 N–H and O–H groups in total. The standard InChI is InChI=1S/C25H26N4O3S2/c26-34(31,32)21-12-10-17(11-13-21)14-22-23(18-6-4-5-7-18)28-29(25-27-20(15-30)16-33-25)24(22)19-8-2-1-3-9-19/h1-3,8-13,16,18,30H,4-7,14-15H2,(H2,26,31,32). The van der Waals surface area contributed by atoms with Crippen molar-refractivity contribution in [2.24, 2.45) is 5.14 Å². The Balaban J connectivity index is 1.67. The first kappa shape index (κ1) is 22.9. The fourth-order valence-corrected chi connectivity index (χ4v) is 5.95. The number of aliphatic hydroxyl groups excluding tert-OH is 1. The summed E-state index contributed by atoms with van der Waals surface area (Å²) in [6, 6.07) is 16.9. The quantitative estimate of drug-likeness (QED) is 0.396. The van der Waals surface area contributed by atoms with Gasteiger partial charge in [-0.3, -0.25) is 0 Å². The van der Waals surface area contributed by atoms with Crippen LogP contribution in [0.25, 0.3) is 16.4 Å². The highest BCUT2D eigenvalue weighted by Gasteiger charge is 2.29. The first-order chi connectivity index (χ1) is 16.4. The van der Waals surface area contributed by atoms with Gasteiger partial charge >= 0.3 is 0 Å². The number of rotatable bonds is 7. The van der Waals surface area contributed by atoms with Gasteiger partial charge in [0.05, 0.1) is 28.6 Å². The molecule has 0 amide bonds. The van der Waals surface area contributed by atoms with Crippen LogP contribution >= 0.6 is 11.3 Å². The van der Waals surface area contributed by atoms with Gasteiger partial charge in [0.15, 0.2) is 0 Å². The summed E-state index contributed by atoms with van der Waals surface area (Å²) in [6.45, 7) is -0.114. The van der Waals surface area contributed by atoms with Gasteiger partial charge in [0, 0.05) is 28.8 Å².